The Balaban J connectivity index is 1.39. The molecule has 0 unspecified atom stereocenters. The van der Waals surface area contributed by atoms with Crippen molar-refractivity contribution in [2.75, 3.05) is 0 Å². The molecule has 2 amide bonds. The monoisotopic (exact) mass is 482 g/mol. The zero-order valence-electron chi connectivity index (χ0n) is 20.5. The minimum absolute atomic E-state index is 0.0113. The van der Waals surface area contributed by atoms with Gasteiger partial charge in [0.05, 0.1) is 19.1 Å². The Morgan fingerprint density at radius 1 is 1.15 bits per heavy atom. The van der Waals surface area contributed by atoms with Gasteiger partial charge in [0.25, 0.3) is 0 Å². The van der Waals surface area contributed by atoms with Crippen molar-refractivity contribution in [3.63, 3.8) is 0 Å². The number of aliphatic hydroxyl groups is 1. The number of fused-ring (bicyclic) bond motifs is 1. The van der Waals surface area contributed by atoms with Crippen molar-refractivity contribution in [3.8, 4) is 0 Å². The Morgan fingerprint density at radius 2 is 1.88 bits per heavy atom. The topological polar surface area (TPSA) is 78.4 Å². The molecule has 0 radical (unpaired) electrons. The molecule has 0 bridgehead atoms. The number of carbonyl (C=O) groups is 2. The van der Waals surface area contributed by atoms with Crippen LogP contribution in [-0.2, 0) is 22.6 Å². The molecule has 2 aromatic rings. The lowest BCUT2D eigenvalue weighted by molar-refractivity contribution is -0.143. The number of aliphatic hydroxyl groups excluding tert-OH is 1. The number of hydrogen-bond donors (Lipinski definition) is 3. The van der Waals surface area contributed by atoms with E-state index >= 15 is 0 Å². The van der Waals surface area contributed by atoms with Crippen LogP contribution in [0.15, 0.2) is 47.8 Å². The van der Waals surface area contributed by atoms with Gasteiger partial charge in [0.2, 0.25) is 11.8 Å². The molecule has 4 rings (SSSR count). The van der Waals surface area contributed by atoms with Crippen molar-refractivity contribution in [2.24, 2.45) is 29.1 Å². The lowest BCUT2D eigenvalue weighted by atomic mass is 9.51. The van der Waals surface area contributed by atoms with Gasteiger partial charge in [-0.3, -0.25) is 9.59 Å². The maximum atomic E-state index is 12.9. The van der Waals surface area contributed by atoms with Gasteiger partial charge in [0.1, 0.15) is 0 Å². The molecular weight excluding hydrogens is 444 g/mol. The van der Waals surface area contributed by atoms with Crippen molar-refractivity contribution >= 4 is 23.2 Å². The maximum absolute atomic E-state index is 12.9. The first-order valence-corrected chi connectivity index (χ1v) is 13.5. The highest BCUT2D eigenvalue weighted by Crippen LogP contribution is 2.55. The highest BCUT2D eigenvalue weighted by atomic mass is 32.1. The summed E-state index contributed by atoms with van der Waals surface area (Å²) < 4.78 is 0. The smallest absolute Gasteiger partial charge is 0.224 e. The van der Waals surface area contributed by atoms with Crippen LogP contribution in [0.4, 0.5) is 0 Å². The summed E-state index contributed by atoms with van der Waals surface area (Å²) in [6, 6.07) is 13.9. The fraction of sp³-hybridized carbons (Fsp3) is 0.571. The molecule has 1 heterocycles. The van der Waals surface area contributed by atoms with Crippen LogP contribution in [0.25, 0.3) is 0 Å². The predicted molar refractivity (Wildman–Crippen MR) is 136 cm³/mol. The molecule has 2 fully saturated rings. The molecule has 0 saturated heterocycles. The van der Waals surface area contributed by atoms with E-state index in [0.717, 1.165) is 36.1 Å². The van der Waals surface area contributed by atoms with Gasteiger partial charge in [-0.15, -0.1) is 11.3 Å². The van der Waals surface area contributed by atoms with Gasteiger partial charge in [0, 0.05) is 16.8 Å². The SMILES string of the molecule is C[C@@H]1[C@@H]2[C@@H](O)[C@@H]([C@H](C)C(=O)NCc3cccs3)CC[C@]2(C)CC[C@@H]1NC(=O)Cc1ccccc1. The Hall–Kier alpha value is -2.18. The van der Waals surface area contributed by atoms with Crippen molar-refractivity contribution in [1.29, 1.82) is 0 Å². The number of nitrogens with one attached hydrogen (secondary N) is 2. The second kappa shape index (κ2) is 10.6. The first-order valence-electron chi connectivity index (χ1n) is 12.6. The lowest BCUT2D eigenvalue weighted by Gasteiger charge is -2.56. The van der Waals surface area contributed by atoms with Gasteiger partial charge in [-0.1, -0.05) is 57.2 Å². The molecular formula is C28H38N2O3S. The molecule has 7 atom stereocenters. The molecule has 34 heavy (non-hydrogen) atoms. The third-order valence-corrected chi connectivity index (χ3v) is 9.39. The number of benzene rings is 1. The van der Waals surface area contributed by atoms with E-state index < -0.39 is 6.10 Å². The van der Waals surface area contributed by atoms with Crippen molar-refractivity contribution in [1.82, 2.24) is 10.6 Å². The Morgan fingerprint density at radius 3 is 2.59 bits per heavy atom. The van der Waals surface area contributed by atoms with Gasteiger partial charge in [-0.2, -0.15) is 0 Å². The average Bonchev–Trinajstić information content (AvgIpc) is 3.33. The summed E-state index contributed by atoms with van der Waals surface area (Å²) >= 11 is 1.63. The summed E-state index contributed by atoms with van der Waals surface area (Å²) in [6.45, 7) is 6.95. The summed E-state index contributed by atoms with van der Waals surface area (Å²) in [5.74, 6) is -0.0540. The zero-order valence-corrected chi connectivity index (χ0v) is 21.3. The molecule has 2 aliphatic rings. The van der Waals surface area contributed by atoms with E-state index in [4.69, 9.17) is 0 Å². The Kier molecular flexibility index (Phi) is 7.78. The second-order valence-electron chi connectivity index (χ2n) is 10.7. The van der Waals surface area contributed by atoms with E-state index in [-0.39, 0.29) is 46.9 Å². The molecule has 1 aromatic heterocycles. The molecule has 2 saturated carbocycles. The van der Waals surface area contributed by atoms with Crippen LogP contribution in [0.2, 0.25) is 0 Å². The summed E-state index contributed by atoms with van der Waals surface area (Å²) in [6.07, 6.45) is 3.61. The minimum atomic E-state index is -0.551. The Labute approximate surface area is 207 Å². The molecule has 184 valence electrons. The molecule has 2 aliphatic carbocycles. The third kappa shape index (κ3) is 5.38. The van der Waals surface area contributed by atoms with Crippen LogP contribution in [0.5, 0.6) is 0 Å². The van der Waals surface area contributed by atoms with E-state index in [1.807, 2.05) is 54.8 Å². The van der Waals surface area contributed by atoms with E-state index in [1.165, 1.54) is 0 Å². The third-order valence-electron chi connectivity index (χ3n) is 8.51. The number of hydrogen-bond acceptors (Lipinski definition) is 4. The van der Waals surface area contributed by atoms with Crippen LogP contribution in [-0.4, -0.2) is 29.1 Å². The van der Waals surface area contributed by atoms with Crippen molar-refractivity contribution < 1.29 is 14.7 Å². The molecule has 5 nitrogen and oxygen atoms in total. The summed E-state index contributed by atoms with van der Waals surface area (Å²) in [4.78, 5) is 26.8. The van der Waals surface area contributed by atoms with Gasteiger partial charge in [-0.25, -0.2) is 0 Å². The van der Waals surface area contributed by atoms with Crippen molar-refractivity contribution in [2.45, 2.75) is 71.6 Å². The van der Waals surface area contributed by atoms with Gasteiger partial charge < -0.3 is 15.7 Å². The van der Waals surface area contributed by atoms with Crippen LogP contribution < -0.4 is 10.6 Å². The number of amides is 2. The second-order valence-corrected chi connectivity index (χ2v) is 11.7. The first kappa shape index (κ1) is 24.9. The first-order chi connectivity index (χ1) is 16.3. The molecule has 3 N–H and O–H groups in total. The standard InChI is InChI=1S/C28H38N2O3S/c1-18(27(33)29-17-21-10-7-15-34-21)22-11-13-28(3)14-12-23(19(2)25(28)26(22)32)30-24(31)16-20-8-5-4-6-9-20/h4-10,15,18-19,22-23,25-26,32H,11-14,16-17H2,1-3H3,(H,29,33)(H,30,31)/t18-,19-,22+,23-,25+,26-,28+/m0/s1. The van der Waals surface area contributed by atoms with Crippen LogP contribution in [0, 0.1) is 29.1 Å². The Bertz CT molecular complexity index is 963. The maximum Gasteiger partial charge on any atom is 0.224 e. The van der Waals surface area contributed by atoms with Crippen LogP contribution in [0.1, 0.15) is 56.9 Å². The average molecular weight is 483 g/mol. The molecule has 0 aliphatic heterocycles. The minimum Gasteiger partial charge on any atom is -0.392 e. The quantitative estimate of drug-likeness (QED) is 0.542. The summed E-state index contributed by atoms with van der Waals surface area (Å²) in [5.41, 5.74) is 1.05. The van der Waals surface area contributed by atoms with E-state index in [0.29, 0.717) is 13.0 Å². The highest BCUT2D eigenvalue weighted by molar-refractivity contribution is 7.09. The summed E-state index contributed by atoms with van der Waals surface area (Å²) in [7, 11) is 0. The van der Waals surface area contributed by atoms with Gasteiger partial charge in [0.15, 0.2) is 0 Å². The van der Waals surface area contributed by atoms with Gasteiger partial charge >= 0.3 is 0 Å². The van der Waals surface area contributed by atoms with Crippen LogP contribution in [0.3, 0.4) is 0 Å². The number of carbonyl (C=O) groups excluding carboxylic acids is 2. The van der Waals surface area contributed by atoms with E-state index in [2.05, 4.69) is 24.5 Å². The van der Waals surface area contributed by atoms with Crippen LogP contribution >= 0.6 is 11.3 Å². The number of rotatable bonds is 7. The van der Waals surface area contributed by atoms with E-state index in [1.54, 1.807) is 11.3 Å². The lowest BCUT2D eigenvalue weighted by Crippen LogP contribution is -2.58. The zero-order chi connectivity index (χ0) is 24.3. The normalized spacial score (nSPS) is 31.8. The van der Waals surface area contributed by atoms with Crippen molar-refractivity contribution in [3.05, 3.63) is 58.3 Å². The predicted octanol–water partition coefficient (Wildman–Crippen LogP) is 4.55. The largest absolute Gasteiger partial charge is 0.392 e. The molecule has 6 heteroatoms. The summed E-state index contributed by atoms with van der Waals surface area (Å²) in [5, 5.41) is 19.9. The fourth-order valence-corrected chi connectivity index (χ4v) is 7.12. The molecule has 0 spiro atoms. The fourth-order valence-electron chi connectivity index (χ4n) is 6.48. The number of thiophene rings is 1. The molecule has 1 aromatic carbocycles. The highest BCUT2D eigenvalue weighted by Gasteiger charge is 2.53. The van der Waals surface area contributed by atoms with E-state index in [9.17, 15) is 14.7 Å². The van der Waals surface area contributed by atoms with Gasteiger partial charge in [-0.05, 0) is 65.9 Å².